The van der Waals surface area contributed by atoms with Crippen molar-refractivity contribution in [1.29, 1.82) is 0 Å². The first-order valence-corrected chi connectivity index (χ1v) is 9.94. The number of hydrogen-bond acceptors (Lipinski definition) is 4. The fraction of sp³-hybridized carbons (Fsp3) is 0.412. The van der Waals surface area contributed by atoms with Crippen LogP contribution in [0.1, 0.15) is 27.4 Å². The summed E-state index contributed by atoms with van der Waals surface area (Å²) < 4.78 is 0.742. The molecule has 24 heavy (non-hydrogen) atoms. The van der Waals surface area contributed by atoms with Gasteiger partial charge in [-0.1, -0.05) is 17.7 Å². The summed E-state index contributed by atoms with van der Waals surface area (Å²) in [6.45, 7) is 1.88. The van der Waals surface area contributed by atoms with Crippen molar-refractivity contribution in [3.8, 4) is 0 Å². The second-order valence-corrected chi connectivity index (χ2v) is 8.69. The van der Waals surface area contributed by atoms with Crippen molar-refractivity contribution in [2.24, 2.45) is 5.92 Å². The molecule has 128 valence electrons. The normalized spacial score (nSPS) is 15.5. The van der Waals surface area contributed by atoms with Crippen LogP contribution >= 0.6 is 34.3 Å². The molecule has 2 aromatic heterocycles. The van der Waals surface area contributed by atoms with Crippen LogP contribution in [0.4, 0.5) is 0 Å². The number of carbonyl (C=O) groups excluding carboxylic acids is 2. The fourth-order valence-corrected chi connectivity index (χ4v) is 4.78. The molecule has 0 N–H and O–H groups in total. The Hall–Kier alpha value is -1.37. The molecule has 0 atom stereocenters. The van der Waals surface area contributed by atoms with E-state index in [1.165, 1.54) is 22.7 Å². The van der Waals surface area contributed by atoms with E-state index in [1.807, 2.05) is 41.6 Å². The number of amides is 2. The second-order valence-electron chi connectivity index (χ2n) is 5.94. The molecule has 0 radical (unpaired) electrons. The number of likely N-dealkylation sites (tertiary alicyclic amines) is 1. The molecule has 2 amide bonds. The molecule has 0 unspecified atom stereocenters. The zero-order chi connectivity index (χ0) is 17.1. The zero-order valence-electron chi connectivity index (χ0n) is 13.4. The molecule has 1 fully saturated rings. The van der Waals surface area contributed by atoms with Gasteiger partial charge >= 0.3 is 0 Å². The molecule has 0 saturated carbocycles. The van der Waals surface area contributed by atoms with Crippen LogP contribution in [-0.2, 0) is 11.3 Å². The lowest BCUT2D eigenvalue weighted by Crippen LogP contribution is -2.43. The predicted octanol–water partition coefficient (Wildman–Crippen LogP) is 3.97. The number of nitrogens with zero attached hydrogens (tertiary/aromatic N) is 2. The minimum Gasteiger partial charge on any atom is -0.340 e. The Morgan fingerprint density at radius 2 is 2.04 bits per heavy atom. The average Bonchev–Trinajstić information content (AvgIpc) is 3.25. The molecule has 3 heterocycles. The van der Waals surface area contributed by atoms with Crippen LogP contribution < -0.4 is 0 Å². The van der Waals surface area contributed by atoms with Gasteiger partial charge in [0, 0.05) is 30.9 Å². The molecule has 1 aliphatic heterocycles. The van der Waals surface area contributed by atoms with Crippen LogP contribution in [0.15, 0.2) is 29.6 Å². The zero-order valence-corrected chi connectivity index (χ0v) is 15.8. The third-order valence-corrected chi connectivity index (χ3v) is 6.34. The van der Waals surface area contributed by atoms with Gasteiger partial charge in [-0.15, -0.1) is 22.7 Å². The topological polar surface area (TPSA) is 40.6 Å². The monoisotopic (exact) mass is 382 g/mol. The van der Waals surface area contributed by atoms with Crippen LogP contribution in [0.3, 0.4) is 0 Å². The molecule has 0 bridgehead atoms. The van der Waals surface area contributed by atoms with Crippen LogP contribution in [0.25, 0.3) is 0 Å². The van der Waals surface area contributed by atoms with Crippen molar-refractivity contribution in [2.75, 3.05) is 20.1 Å². The van der Waals surface area contributed by atoms with Crippen molar-refractivity contribution < 1.29 is 9.59 Å². The molecule has 0 aliphatic carbocycles. The van der Waals surface area contributed by atoms with Crippen LogP contribution in [0.5, 0.6) is 0 Å². The van der Waals surface area contributed by atoms with E-state index in [-0.39, 0.29) is 17.7 Å². The van der Waals surface area contributed by atoms with E-state index >= 15 is 0 Å². The van der Waals surface area contributed by atoms with Crippen LogP contribution in [0, 0.1) is 5.92 Å². The first-order valence-electron chi connectivity index (χ1n) is 7.86. The van der Waals surface area contributed by atoms with Crippen LogP contribution in [-0.4, -0.2) is 41.8 Å². The van der Waals surface area contributed by atoms with E-state index in [0.717, 1.165) is 26.9 Å². The number of piperidine rings is 1. The molecular weight excluding hydrogens is 364 g/mol. The highest BCUT2D eigenvalue weighted by Crippen LogP contribution is 2.25. The Balaban J connectivity index is 1.52. The number of thiophene rings is 2. The number of carbonyl (C=O) groups is 2. The Labute approximate surface area is 154 Å². The Morgan fingerprint density at radius 1 is 1.29 bits per heavy atom. The van der Waals surface area contributed by atoms with Gasteiger partial charge in [0.15, 0.2) is 0 Å². The van der Waals surface area contributed by atoms with Gasteiger partial charge in [0.1, 0.15) is 0 Å². The molecule has 4 nitrogen and oxygen atoms in total. The predicted molar refractivity (Wildman–Crippen MR) is 98.7 cm³/mol. The van der Waals surface area contributed by atoms with Gasteiger partial charge in [-0.05, 0) is 36.4 Å². The maximum atomic E-state index is 12.6. The summed E-state index contributed by atoms with van der Waals surface area (Å²) in [5, 5.41) is 1.91. The van der Waals surface area contributed by atoms with Gasteiger partial charge in [0.2, 0.25) is 5.91 Å². The van der Waals surface area contributed by atoms with Gasteiger partial charge in [0.25, 0.3) is 5.91 Å². The molecule has 3 rings (SSSR count). The maximum Gasteiger partial charge on any atom is 0.263 e. The number of rotatable bonds is 4. The quantitative estimate of drug-likeness (QED) is 0.802. The molecule has 2 aromatic rings. The highest BCUT2D eigenvalue weighted by molar-refractivity contribution is 7.16. The van der Waals surface area contributed by atoms with Crippen molar-refractivity contribution in [1.82, 2.24) is 9.80 Å². The summed E-state index contributed by atoms with van der Waals surface area (Å²) in [7, 11) is 1.83. The van der Waals surface area contributed by atoms with Gasteiger partial charge in [-0.2, -0.15) is 0 Å². The third kappa shape index (κ3) is 3.99. The SMILES string of the molecule is CN(Cc1ccc(Cl)s1)C(=O)C1CCN(C(=O)c2cccs2)CC1. The van der Waals surface area contributed by atoms with Crippen molar-refractivity contribution in [2.45, 2.75) is 19.4 Å². The molecule has 1 aliphatic rings. The molecule has 0 aromatic carbocycles. The summed E-state index contributed by atoms with van der Waals surface area (Å²) in [4.78, 5) is 30.4. The van der Waals surface area contributed by atoms with E-state index in [9.17, 15) is 9.59 Å². The third-order valence-electron chi connectivity index (χ3n) is 4.26. The van der Waals surface area contributed by atoms with Gasteiger partial charge in [-0.25, -0.2) is 0 Å². The van der Waals surface area contributed by atoms with Gasteiger partial charge < -0.3 is 9.80 Å². The fourth-order valence-electron chi connectivity index (χ4n) is 2.95. The van der Waals surface area contributed by atoms with Crippen molar-refractivity contribution in [3.05, 3.63) is 43.7 Å². The van der Waals surface area contributed by atoms with E-state index < -0.39 is 0 Å². The average molecular weight is 383 g/mol. The van der Waals surface area contributed by atoms with Gasteiger partial charge in [-0.3, -0.25) is 9.59 Å². The lowest BCUT2D eigenvalue weighted by atomic mass is 9.95. The molecule has 7 heteroatoms. The van der Waals surface area contributed by atoms with E-state index in [1.54, 1.807) is 4.90 Å². The number of halogens is 1. The second kappa shape index (κ2) is 7.68. The van der Waals surface area contributed by atoms with Crippen molar-refractivity contribution in [3.63, 3.8) is 0 Å². The van der Waals surface area contributed by atoms with Crippen LogP contribution in [0.2, 0.25) is 4.34 Å². The minimum atomic E-state index is -0.00202. The Bertz CT molecular complexity index is 706. The summed E-state index contributed by atoms with van der Waals surface area (Å²) in [6, 6.07) is 7.55. The van der Waals surface area contributed by atoms with E-state index in [0.29, 0.717) is 19.6 Å². The Morgan fingerprint density at radius 3 is 2.62 bits per heavy atom. The largest absolute Gasteiger partial charge is 0.340 e. The van der Waals surface area contributed by atoms with E-state index in [2.05, 4.69) is 0 Å². The standard InChI is InChI=1S/C17H19ClN2O2S2/c1-19(11-13-4-5-15(18)24-13)16(21)12-6-8-20(9-7-12)17(22)14-3-2-10-23-14/h2-5,10,12H,6-9,11H2,1H3. The smallest absolute Gasteiger partial charge is 0.263 e. The lowest BCUT2D eigenvalue weighted by Gasteiger charge is -2.33. The maximum absolute atomic E-state index is 12.6. The summed E-state index contributed by atoms with van der Waals surface area (Å²) in [5.74, 6) is 0.234. The first kappa shape index (κ1) is 17.5. The number of hydrogen-bond donors (Lipinski definition) is 0. The lowest BCUT2D eigenvalue weighted by molar-refractivity contribution is -0.136. The molecule has 1 saturated heterocycles. The summed E-state index contributed by atoms with van der Waals surface area (Å²) >= 11 is 8.91. The highest BCUT2D eigenvalue weighted by atomic mass is 35.5. The summed E-state index contributed by atoms with van der Waals surface area (Å²) in [5.41, 5.74) is 0. The highest BCUT2D eigenvalue weighted by Gasteiger charge is 2.29. The minimum absolute atomic E-state index is 0.00202. The molecular formula is C17H19ClN2O2S2. The Kier molecular flexibility index (Phi) is 5.58. The van der Waals surface area contributed by atoms with Gasteiger partial charge in [0.05, 0.1) is 15.8 Å². The molecule has 0 spiro atoms. The summed E-state index contributed by atoms with van der Waals surface area (Å²) in [6.07, 6.45) is 1.46. The van der Waals surface area contributed by atoms with Crippen molar-refractivity contribution >= 4 is 46.1 Å². The van der Waals surface area contributed by atoms with E-state index in [4.69, 9.17) is 11.6 Å². The first-order chi connectivity index (χ1) is 11.5.